The van der Waals surface area contributed by atoms with Crippen molar-refractivity contribution < 1.29 is 9.18 Å². The van der Waals surface area contributed by atoms with Gasteiger partial charge in [-0.25, -0.2) is 9.97 Å². The second kappa shape index (κ2) is 5.98. The highest BCUT2D eigenvalue weighted by Crippen LogP contribution is 2.29. The van der Waals surface area contributed by atoms with Crippen molar-refractivity contribution in [1.29, 1.82) is 0 Å². The molecule has 0 spiro atoms. The molecule has 0 aromatic carbocycles. The van der Waals surface area contributed by atoms with E-state index in [9.17, 15) is 9.18 Å². The Kier molecular flexibility index (Phi) is 3.82. The standard InChI is InChI=1S/C16H17FN4OS/c17-14-11(2-1-5-18-14)13-8-19-16(23-13)15(22)20-12-9-21-6-3-10(12)4-7-21/h1-2,5,8,10,12H,3-4,6-7,9H2,(H,20,22)/t12-/m0/s1. The third kappa shape index (κ3) is 2.86. The molecule has 5 nitrogen and oxygen atoms in total. The van der Waals surface area contributed by atoms with Gasteiger partial charge in [0.25, 0.3) is 5.91 Å². The van der Waals surface area contributed by atoms with Crippen LogP contribution in [0.1, 0.15) is 22.6 Å². The van der Waals surface area contributed by atoms with Gasteiger partial charge in [0.2, 0.25) is 5.95 Å². The number of amides is 1. The molecule has 5 rings (SSSR count). The van der Waals surface area contributed by atoms with Crippen molar-refractivity contribution in [3.8, 4) is 10.4 Å². The molecular formula is C16H17FN4OS. The molecule has 7 heteroatoms. The molecular weight excluding hydrogens is 315 g/mol. The highest BCUT2D eigenvalue weighted by Gasteiger charge is 2.35. The van der Waals surface area contributed by atoms with Crippen molar-refractivity contribution in [2.75, 3.05) is 19.6 Å². The third-order valence-electron chi connectivity index (χ3n) is 4.70. The van der Waals surface area contributed by atoms with E-state index in [0.29, 0.717) is 21.4 Å². The highest BCUT2D eigenvalue weighted by atomic mass is 32.1. The zero-order valence-electron chi connectivity index (χ0n) is 12.5. The lowest BCUT2D eigenvalue weighted by Gasteiger charge is -2.44. The van der Waals surface area contributed by atoms with E-state index in [-0.39, 0.29) is 11.9 Å². The molecule has 2 aromatic rings. The van der Waals surface area contributed by atoms with Gasteiger partial charge in [0.15, 0.2) is 5.01 Å². The average Bonchev–Trinajstić information content (AvgIpc) is 3.06. The number of halogens is 1. The van der Waals surface area contributed by atoms with E-state index in [1.807, 2.05) is 0 Å². The highest BCUT2D eigenvalue weighted by molar-refractivity contribution is 7.16. The fraction of sp³-hybridized carbons (Fsp3) is 0.438. The number of nitrogens with one attached hydrogen (secondary N) is 1. The minimum Gasteiger partial charge on any atom is -0.346 e. The van der Waals surface area contributed by atoms with Gasteiger partial charge in [-0.2, -0.15) is 4.39 Å². The largest absolute Gasteiger partial charge is 0.346 e. The number of hydrogen-bond acceptors (Lipinski definition) is 5. The van der Waals surface area contributed by atoms with Crippen LogP contribution in [0.3, 0.4) is 0 Å². The van der Waals surface area contributed by atoms with E-state index in [2.05, 4.69) is 20.2 Å². The van der Waals surface area contributed by atoms with Crippen LogP contribution >= 0.6 is 11.3 Å². The lowest BCUT2D eigenvalue weighted by molar-refractivity contribution is 0.0620. The van der Waals surface area contributed by atoms with Gasteiger partial charge in [0.1, 0.15) is 0 Å². The maximum atomic E-state index is 13.7. The molecule has 3 aliphatic rings. The number of rotatable bonds is 3. The number of hydrogen-bond donors (Lipinski definition) is 1. The van der Waals surface area contributed by atoms with Crippen LogP contribution in [-0.2, 0) is 0 Å². The smallest absolute Gasteiger partial charge is 0.280 e. The molecule has 3 fully saturated rings. The summed E-state index contributed by atoms with van der Waals surface area (Å²) >= 11 is 1.20. The Balaban J connectivity index is 1.48. The zero-order chi connectivity index (χ0) is 15.8. The maximum Gasteiger partial charge on any atom is 0.280 e. The molecule has 1 atom stereocenters. The van der Waals surface area contributed by atoms with Crippen LogP contribution in [0.2, 0.25) is 0 Å². The molecule has 1 N–H and O–H groups in total. The number of fused-ring (bicyclic) bond motifs is 3. The van der Waals surface area contributed by atoms with Crippen molar-refractivity contribution in [2.45, 2.75) is 18.9 Å². The quantitative estimate of drug-likeness (QED) is 0.875. The maximum absolute atomic E-state index is 13.7. The summed E-state index contributed by atoms with van der Waals surface area (Å²) in [4.78, 5) is 23.2. The molecule has 5 heterocycles. The molecule has 0 saturated carbocycles. The lowest BCUT2D eigenvalue weighted by atomic mass is 9.84. The van der Waals surface area contributed by atoms with Crippen LogP contribution in [0.4, 0.5) is 4.39 Å². The van der Waals surface area contributed by atoms with Crippen LogP contribution in [0.25, 0.3) is 10.4 Å². The summed E-state index contributed by atoms with van der Waals surface area (Å²) in [6, 6.07) is 3.52. The average molecular weight is 332 g/mol. The van der Waals surface area contributed by atoms with E-state index in [0.717, 1.165) is 32.5 Å². The molecule has 2 bridgehead atoms. The fourth-order valence-electron chi connectivity index (χ4n) is 3.43. The predicted molar refractivity (Wildman–Crippen MR) is 85.7 cm³/mol. The van der Waals surface area contributed by atoms with Crippen molar-refractivity contribution in [1.82, 2.24) is 20.2 Å². The number of piperidine rings is 3. The van der Waals surface area contributed by atoms with Gasteiger partial charge in [-0.05, 0) is 44.0 Å². The molecule has 1 amide bonds. The van der Waals surface area contributed by atoms with Gasteiger partial charge in [0.05, 0.1) is 4.88 Å². The Labute approximate surface area is 137 Å². The van der Waals surface area contributed by atoms with Crippen LogP contribution in [0.15, 0.2) is 24.5 Å². The van der Waals surface area contributed by atoms with E-state index < -0.39 is 5.95 Å². The minimum atomic E-state index is -0.541. The Morgan fingerprint density at radius 3 is 2.87 bits per heavy atom. The first-order chi connectivity index (χ1) is 11.2. The number of nitrogens with zero attached hydrogens (tertiary/aromatic N) is 3. The first-order valence-electron chi connectivity index (χ1n) is 7.80. The third-order valence-corrected chi connectivity index (χ3v) is 5.73. The Bertz CT molecular complexity index is 726. The Morgan fingerprint density at radius 2 is 2.17 bits per heavy atom. The summed E-state index contributed by atoms with van der Waals surface area (Å²) in [5.74, 6) is -0.135. The SMILES string of the molecule is O=C(N[C@H]1CN2CCC1CC2)c1ncc(-c2cccnc2F)s1. The zero-order valence-corrected chi connectivity index (χ0v) is 13.4. The van der Waals surface area contributed by atoms with E-state index in [1.165, 1.54) is 23.7 Å². The summed E-state index contributed by atoms with van der Waals surface area (Å²) in [6.07, 6.45) is 5.24. The molecule has 0 aliphatic carbocycles. The number of carbonyl (C=O) groups is 1. The second-order valence-electron chi connectivity index (χ2n) is 6.09. The normalized spacial score (nSPS) is 26.2. The van der Waals surface area contributed by atoms with E-state index in [4.69, 9.17) is 0 Å². The lowest BCUT2D eigenvalue weighted by Crippen LogP contribution is -2.57. The van der Waals surface area contributed by atoms with Gasteiger partial charge in [-0.1, -0.05) is 0 Å². The van der Waals surface area contributed by atoms with Gasteiger partial charge in [0, 0.05) is 30.5 Å². The van der Waals surface area contributed by atoms with E-state index in [1.54, 1.807) is 12.1 Å². The summed E-state index contributed by atoms with van der Waals surface area (Å²) < 4.78 is 13.7. The predicted octanol–water partition coefficient (Wildman–Crippen LogP) is 2.17. The van der Waals surface area contributed by atoms with Crippen molar-refractivity contribution in [3.63, 3.8) is 0 Å². The van der Waals surface area contributed by atoms with Crippen LogP contribution < -0.4 is 5.32 Å². The van der Waals surface area contributed by atoms with Gasteiger partial charge in [-0.3, -0.25) is 4.79 Å². The fourth-order valence-corrected chi connectivity index (χ4v) is 4.27. The topological polar surface area (TPSA) is 58.1 Å². The van der Waals surface area contributed by atoms with Crippen molar-refractivity contribution in [2.24, 2.45) is 5.92 Å². The minimum absolute atomic E-state index is 0.163. The molecule has 0 radical (unpaired) electrons. The summed E-state index contributed by atoms with van der Waals surface area (Å²) in [5, 5.41) is 3.48. The molecule has 23 heavy (non-hydrogen) atoms. The van der Waals surface area contributed by atoms with Crippen molar-refractivity contribution >= 4 is 17.2 Å². The number of thiazole rings is 1. The van der Waals surface area contributed by atoms with Gasteiger partial charge >= 0.3 is 0 Å². The molecule has 120 valence electrons. The van der Waals surface area contributed by atoms with Crippen molar-refractivity contribution in [3.05, 3.63) is 35.5 Å². The second-order valence-corrected chi connectivity index (χ2v) is 7.12. The van der Waals surface area contributed by atoms with Crippen LogP contribution in [0.5, 0.6) is 0 Å². The Morgan fingerprint density at radius 1 is 1.35 bits per heavy atom. The van der Waals surface area contributed by atoms with Crippen LogP contribution in [0, 0.1) is 11.9 Å². The summed E-state index contributed by atoms with van der Waals surface area (Å²) in [7, 11) is 0. The van der Waals surface area contributed by atoms with Crippen LogP contribution in [-0.4, -0.2) is 46.5 Å². The summed E-state index contributed by atoms with van der Waals surface area (Å²) in [6.45, 7) is 3.20. The number of pyridine rings is 1. The molecule has 3 saturated heterocycles. The monoisotopic (exact) mass is 332 g/mol. The van der Waals surface area contributed by atoms with Gasteiger partial charge in [-0.15, -0.1) is 11.3 Å². The molecule has 2 aromatic heterocycles. The Hall–Kier alpha value is -1.86. The number of carbonyl (C=O) groups excluding carboxylic acids is 1. The molecule has 3 aliphatic heterocycles. The first kappa shape index (κ1) is 14.7. The number of aromatic nitrogens is 2. The first-order valence-corrected chi connectivity index (χ1v) is 8.62. The summed E-state index contributed by atoms with van der Waals surface area (Å²) in [5.41, 5.74) is 0.381. The molecule has 0 unspecified atom stereocenters. The van der Waals surface area contributed by atoms with E-state index >= 15 is 0 Å². The van der Waals surface area contributed by atoms with Gasteiger partial charge < -0.3 is 10.2 Å².